The topological polar surface area (TPSA) is 42.9 Å². The number of benzene rings is 1. The highest BCUT2D eigenvalue weighted by Crippen LogP contribution is 2.30. The third-order valence-electron chi connectivity index (χ3n) is 6.70. The number of rotatable bonds is 6. The Morgan fingerprint density at radius 3 is 2.32 bits per heavy atom. The van der Waals surface area contributed by atoms with Crippen molar-refractivity contribution < 1.29 is 0 Å². The Bertz CT molecular complexity index is 628. The number of nitrogens with zero attached hydrogens (tertiary/aromatic N) is 3. The van der Waals surface area contributed by atoms with Gasteiger partial charge in [0.15, 0.2) is 5.96 Å². The molecule has 0 amide bonds. The van der Waals surface area contributed by atoms with Crippen molar-refractivity contribution in [3.05, 3.63) is 35.4 Å². The zero-order valence-electron chi connectivity index (χ0n) is 18.1. The van der Waals surface area contributed by atoms with E-state index in [0.29, 0.717) is 0 Å². The van der Waals surface area contributed by atoms with Gasteiger partial charge in [-0.2, -0.15) is 0 Å². The summed E-state index contributed by atoms with van der Waals surface area (Å²) in [7, 11) is 4.13. The van der Waals surface area contributed by atoms with Gasteiger partial charge in [-0.15, -0.1) is 0 Å². The highest BCUT2D eigenvalue weighted by atomic mass is 15.3. The van der Waals surface area contributed by atoms with E-state index in [4.69, 9.17) is 0 Å². The maximum absolute atomic E-state index is 4.50. The molecule has 28 heavy (non-hydrogen) atoms. The zero-order valence-corrected chi connectivity index (χ0v) is 18.1. The minimum absolute atomic E-state index is 0.270. The molecule has 3 rings (SSSR count). The van der Waals surface area contributed by atoms with Crippen molar-refractivity contribution in [2.75, 3.05) is 46.8 Å². The monoisotopic (exact) mass is 385 g/mol. The summed E-state index contributed by atoms with van der Waals surface area (Å²) < 4.78 is 0. The number of aryl methyl sites for hydroxylation is 1. The second-order valence-electron chi connectivity index (χ2n) is 8.48. The maximum atomic E-state index is 4.50. The first kappa shape index (κ1) is 21.1. The van der Waals surface area contributed by atoms with Crippen LogP contribution in [0.2, 0.25) is 0 Å². The second-order valence-corrected chi connectivity index (χ2v) is 8.48. The van der Waals surface area contributed by atoms with Gasteiger partial charge in [-0.3, -0.25) is 9.89 Å². The van der Waals surface area contributed by atoms with Crippen LogP contribution in [0, 0.1) is 0 Å². The molecule has 2 saturated heterocycles. The summed E-state index contributed by atoms with van der Waals surface area (Å²) in [5, 5.41) is 7.22. The van der Waals surface area contributed by atoms with Crippen LogP contribution in [0.3, 0.4) is 0 Å². The van der Waals surface area contributed by atoms with Crippen molar-refractivity contribution in [2.45, 2.75) is 57.5 Å². The van der Waals surface area contributed by atoms with Crippen molar-refractivity contribution in [3.63, 3.8) is 0 Å². The van der Waals surface area contributed by atoms with E-state index in [1.165, 1.54) is 69.4 Å². The first-order valence-electron chi connectivity index (χ1n) is 11.1. The van der Waals surface area contributed by atoms with Crippen LogP contribution in [-0.2, 0) is 13.0 Å². The predicted octanol–water partition coefficient (Wildman–Crippen LogP) is 2.86. The van der Waals surface area contributed by atoms with Gasteiger partial charge in [0.1, 0.15) is 0 Å². The summed E-state index contributed by atoms with van der Waals surface area (Å²) in [6, 6.07) is 8.68. The van der Waals surface area contributed by atoms with Crippen LogP contribution in [0.5, 0.6) is 0 Å². The van der Waals surface area contributed by atoms with E-state index in [-0.39, 0.29) is 5.54 Å². The van der Waals surface area contributed by atoms with Crippen molar-refractivity contribution >= 4 is 5.96 Å². The van der Waals surface area contributed by atoms with E-state index in [2.05, 4.69) is 63.7 Å². The molecular weight excluding hydrogens is 346 g/mol. The van der Waals surface area contributed by atoms with E-state index >= 15 is 0 Å². The van der Waals surface area contributed by atoms with Crippen molar-refractivity contribution in [2.24, 2.45) is 4.99 Å². The van der Waals surface area contributed by atoms with E-state index in [0.717, 1.165) is 25.5 Å². The Labute approximate surface area is 171 Å². The molecule has 2 aliphatic heterocycles. The van der Waals surface area contributed by atoms with Crippen LogP contribution in [0.25, 0.3) is 0 Å². The second kappa shape index (κ2) is 10.3. The van der Waals surface area contributed by atoms with E-state index in [1.54, 1.807) is 0 Å². The van der Waals surface area contributed by atoms with E-state index in [9.17, 15) is 0 Å². The Morgan fingerprint density at radius 1 is 1.00 bits per heavy atom. The van der Waals surface area contributed by atoms with Crippen LogP contribution in [0.1, 0.15) is 50.2 Å². The molecule has 0 radical (unpaired) electrons. The molecule has 0 aliphatic carbocycles. The molecular formula is C23H39N5. The van der Waals surface area contributed by atoms with Crippen LogP contribution < -0.4 is 10.6 Å². The van der Waals surface area contributed by atoms with Gasteiger partial charge in [-0.1, -0.05) is 37.6 Å². The minimum atomic E-state index is 0.270. The maximum Gasteiger partial charge on any atom is 0.191 e. The number of hydrogen-bond donors (Lipinski definition) is 2. The number of piperidine rings is 2. The standard InChI is InChI=1S/C23H39N5/c1-4-20-10-6-7-11-21(20)18-25-22(24-2)26-19-23(12-16-27(3)17-13-23)28-14-8-5-9-15-28/h6-7,10-11H,4-5,8-9,12-19H2,1-3H3,(H2,24,25,26). The summed E-state index contributed by atoms with van der Waals surface area (Å²) >= 11 is 0. The molecule has 2 aliphatic rings. The third-order valence-corrected chi connectivity index (χ3v) is 6.70. The van der Waals surface area contributed by atoms with Gasteiger partial charge in [0.2, 0.25) is 0 Å². The number of likely N-dealkylation sites (tertiary alicyclic amines) is 2. The summed E-state index contributed by atoms with van der Waals surface area (Å²) in [6.45, 7) is 8.90. The summed E-state index contributed by atoms with van der Waals surface area (Å²) in [4.78, 5) is 9.74. The molecule has 1 aromatic carbocycles. The molecule has 156 valence electrons. The average molecular weight is 386 g/mol. The lowest BCUT2D eigenvalue weighted by Crippen LogP contribution is -2.62. The Kier molecular flexibility index (Phi) is 7.74. The van der Waals surface area contributed by atoms with E-state index in [1.807, 2.05) is 7.05 Å². The number of guanidine groups is 1. The quantitative estimate of drug-likeness (QED) is 0.584. The predicted molar refractivity (Wildman–Crippen MR) is 119 cm³/mol. The van der Waals surface area contributed by atoms with Gasteiger partial charge >= 0.3 is 0 Å². The lowest BCUT2D eigenvalue weighted by atomic mass is 9.84. The van der Waals surface area contributed by atoms with Gasteiger partial charge in [0.25, 0.3) is 0 Å². The van der Waals surface area contributed by atoms with Crippen molar-refractivity contribution in [3.8, 4) is 0 Å². The van der Waals surface area contributed by atoms with Crippen LogP contribution in [0.4, 0.5) is 0 Å². The molecule has 1 aromatic rings. The smallest absolute Gasteiger partial charge is 0.191 e. The molecule has 5 heteroatoms. The lowest BCUT2D eigenvalue weighted by Gasteiger charge is -2.50. The molecule has 0 saturated carbocycles. The fraction of sp³-hybridized carbons (Fsp3) is 0.696. The minimum Gasteiger partial charge on any atom is -0.355 e. The van der Waals surface area contributed by atoms with Gasteiger partial charge in [0, 0.05) is 25.7 Å². The largest absolute Gasteiger partial charge is 0.355 e. The normalized spacial score (nSPS) is 21.5. The SMILES string of the molecule is CCc1ccccc1CNC(=NC)NCC1(N2CCCCC2)CCN(C)CC1. The average Bonchev–Trinajstić information content (AvgIpc) is 2.76. The molecule has 2 N–H and O–H groups in total. The molecule has 0 aromatic heterocycles. The number of nitrogens with one attached hydrogen (secondary N) is 2. The summed E-state index contributed by atoms with van der Waals surface area (Å²) in [5.41, 5.74) is 3.04. The first-order valence-corrected chi connectivity index (χ1v) is 11.1. The van der Waals surface area contributed by atoms with Crippen molar-refractivity contribution in [1.82, 2.24) is 20.4 Å². The molecule has 5 nitrogen and oxygen atoms in total. The van der Waals surface area contributed by atoms with Gasteiger partial charge in [0.05, 0.1) is 0 Å². The summed E-state index contributed by atoms with van der Waals surface area (Å²) in [6.07, 6.45) is 7.63. The highest BCUT2D eigenvalue weighted by Gasteiger charge is 2.39. The molecule has 0 spiro atoms. The molecule has 0 unspecified atom stereocenters. The molecule has 2 fully saturated rings. The Balaban J connectivity index is 1.60. The Hall–Kier alpha value is -1.59. The lowest BCUT2D eigenvalue weighted by molar-refractivity contribution is 0.0173. The number of hydrogen-bond acceptors (Lipinski definition) is 3. The molecule has 0 atom stereocenters. The van der Waals surface area contributed by atoms with Gasteiger partial charge in [-0.25, -0.2) is 0 Å². The van der Waals surface area contributed by atoms with E-state index < -0.39 is 0 Å². The zero-order chi connectivity index (χ0) is 19.8. The van der Waals surface area contributed by atoms with Gasteiger partial charge < -0.3 is 15.5 Å². The number of aliphatic imine (C=N–C) groups is 1. The highest BCUT2D eigenvalue weighted by molar-refractivity contribution is 5.79. The fourth-order valence-electron chi connectivity index (χ4n) is 4.73. The molecule has 2 heterocycles. The van der Waals surface area contributed by atoms with Crippen molar-refractivity contribution in [1.29, 1.82) is 0 Å². The molecule has 0 bridgehead atoms. The van der Waals surface area contributed by atoms with Crippen LogP contribution in [-0.4, -0.2) is 68.1 Å². The Morgan fingerprint density at radius 2 is 1.68 bits per heavy atom. The fourth-order valence-corrected chi connectivity index (χ4v) is 4.73. The summed E-state index contributed by atoms with van der Waals surface area (Å²) in [5.74, 6) is 0.918. The van der Waals surface area contributed by atoms with Crippen LogP contribution >= 0.6 is 0 Å². The van der Waals surface area contributed by atoms with Gasteiger partial charge in [-0.05, 0) is 76.5 Å². The van der Waals surface area contributed by atoms with Crippen LogP contribution in [0.15, 0.2) is 29.3 Å². The third kappa shape index (κ3) is 5.26. The first-order chi connectivity index (χ1) is 13.7.